The minimum absolute atomic E-state index is 0.901. The molecule has 0 bridgehead atoms. The summed E-state index contributed by atoms with van der Waals surface area (Å²) >= 11 is 0. The van der Waals surface area contributed by atoms with Gasteiger partial charge in [0.15, 0.2) is 0 Å². The summed E-state index contributed by atoms with van der Waals surface area (Å²) in [6, 6.07) is 0. The molecule has 0 fully saturated rings. The molecule has 0 amide bonds. The van der Waals surface area contributed by atoms with Crippen LogP contribution in [0.5, 0.6) is 0 Å². The topological polar surface area (TPSA) is 0 Å². The lowest BCUT2D eigenvalue weighted by molar-refractivity contribution is 0.248. The Labute approximate surface area is 130 Å². The maximum Gasteiger partial charge on any atom is -0.0391 e. The van der Waals surface area contributed by atoms with Gasteiger partial charge >= 0.3 is 0 Å². The monoisotopic (exact) mass is 281 g/mol. The molecule has 0 aliphatic carbocycles. The second-order valence-corrected chi connectivity index (χ2v) is 7.07. The van der Waals surface area contributed by atoms with Crippen molar-refractivity contribution in [2.45, 2.75) is 105 Å². The zero-order valence-electron chi connectivity index (χ0n) is 14.9. The van der Waals surface area contributed by atoms with Gasteiger partial charge in [0.2, 0.25) is 0 Å². The average Bonchev–Trinajstić information content (AvgIpc) is 2.44. The van der Waals surface area contributed by atoms with Crippen molar-refractivity contribution < 1.29 is 0 Å². The molecule has 121 valence electrons. The molecule has 20 heavy (non-hydrogen) atoms. The summed E-state index contributed by atoms with van der Waals surface area (Å²) in [5, 5.41) is 0. The van der Waals surface area contributed by atoms with Gasteiger partial charge in [0.05, 0.1) is 0 Å². The summed E-state index contributed by atoms with van der Waals surface area (Å²) in [6.07, 6.45) is 16.7. The lowest BCUT2D eigenvalue weighted by Crippen LogP contribution is -2.16. The van der Waals surface area contributed by atoms with Gasteiger partial charge in [-0.25, -0.2) is 0 Å². The Bertz CT molecular complexity index is 184. The van der Waals surface area contributed by atoms with Crippen LogP contribution in [0.25, 0.3) is 0 Å². The van der Waals surface area contributed by atoms with Crippen LogP contribution < -0.4 is 0 Å². The highest BCUT2D eigenvalue weighted by atomic mass is 14.2. The summed E-state index contributed by atoms with van der Waals surface area (Å²) < 4.78 is 0. The molecule has 0 rings (SSSR count). The Morgan fingerprint density at radius 3 is 1.60 bits per heavy atom. The highest BCUT2D eigenvalue weighted by molar-refractivity contribution is 4.68. The highest BCUT2D eigenvalue weighted by Crippen LogP contribution is 2.28. The summed E-state index contributed by atoms with van der Waals surface area (Å²) in [6.45, 7) is 13.6. The molecule has 0 aliphatic heterocycles. The first kappa shape index (κ1) is 20.0. The van der Waals surface area contributed by atoms with E-state index in [-0.39, 0.29) is 0 Å². The van der Waals surface area contributed by atoms with Crippen molar-refractivity contribution in [2.75, 3.05) is 0 Å². The SMILES string of the molecule is [CH2]CCCCCCCCCCC(C)C(C)C(C)CCC. The van der Waals surface area contributed by atoms with Crippen LogP contribution in [0.3, 0.4) is 0 Å². The third-order valence-electron chi connectivity index (χ3n) is 5.20. The van der Waals surface area contributed by atoms with Crippen LogP contribution in [0.4, 0.5) is 0 Å². The van der Waals surface area contributed by atoms with E-state index in [9.17, 15) is 0 Å². The van der Waals surface area contributed by atoms with Crippen LogP contribution in [-0.2, 0) is 0 Å². The Hall–Kier alpha value is 0. The van der Waals surface area contributed by atoms with Crippen molar-refractivity contribution >= 4 is 0 Å². The third kappa shape index (κ3) is 10.7. The molecule has 0 aromatic heterocycles. The molecule has 0 aromatic rings. The van der Waals surface area contributed by atoms with Crippen LogP contribution in [0, 0.1) is 24.7 Å². The second-order valence-electron chi connectivity index (χ2n) is 7.07. The molecule has 3 unspecified atom stereocenters. The smallest absolute Gasteiger partial charge is 0.0391 e. The van der Waals surface area contributed by atoms with Gasteiger partial charge in [0, 0.05) is 0 Å². The Morgan fingerprint density at radius 1 is 0.650 bits per heavy atom. The summed E-state index contributed by atoms with van der Waals surface area (Å²) in [5.74, 6) is 2.72. The lowest BCUT2D eigenvalue weighted by atomic mass is 9.80. The Kier molecular flexibility index (Phi) is 14.0. The van der Waals surface area contributed by atoms with Gasteiger partial charge in [-0.15, -0.1) is 0 Å². The summed E-state index contributed by atoms with van der Waals surface area (Å²) in [4.78, 5) is 0. The van der Waals surface area contributed by atoms with Gasteiger partial charge in [-0.2, -0.15) is 0 Å². The molecule has 0 spiro atoms. The second kappa shape index (κ2) is 14.0. The zero-order chi connectivity index (χ0) is 15.2. The maximum atomic E-state index is 3.90. The van der Waals surface area contributed by atoms with Crippen LogP contribution >= 0.6 is 0 Å². The highest BCUT2D eigenvalue weighted by Gasteiger charge is 2.17. The van der Waals surface area contributed by atoms with Gasteiger partial charge in [-0.3, -0.25) is 0 Å². The molecular weight excluding hydrogens is 240 g/mol. The van der Waals surface area contributed by atoms with E-state index >= 15 is 0 Å². The van der Waals surface area contributed by atoms with Crippen molar-refractivity contribution in [1.29, 1.82) is 0 Å². The van der Waals surface area contributed by atoms with Crippen LogP contribution in [-0.4, -0.2) is 0 Å². The van der Waals surface area contributed by atoms with Crippen molar-refractivity contribution in [2.24, 2.45) is 17.8 Å². The molecular formula is C20H41. The number of hydrogen-bond acceptors (Lipinski definition) is 0. The molecule has 0 saturated carbocycles. The molecule has 0 nitrogen and oxygen atoms in total. The quantitative estimate of drug-likeness (QED) is 0.290. The summed E-state index contributed by atoms with van der Waals surface area (Å²) in [7, 11) is 0. The maximum absolute atomic E-state index is 3.90. The first-order chi connectivity index (χ1) is 9.63. The number of hydrogen-bond donors (Lipinski definition) is 0. The first-order valence-corrected chi connectivity index (χ1v) is 9.42. The molecule has 0 N–H and O–H groups in total. The van der Waals surface area contributed by atoms with E-state index in [0.29, 0.717) is 0 Å². The fourth-order valence-corrected chi connectivity index (χ4v) is 3.25. The van der Waals surface area contributed by atoms with Crippen LogP contribution in [0.1, 0.15) is 105 Å². The van der Waals surface area contributed by atoms with E-state index in [1.807, 2.05) is 0 Å². The van der Waals surface area contributed by atoms with Gasteiger partial charge in [0.25, 0.3) is 0 Å². The summed E-state index contributed by atoms with van der Waals surface area (Å²) in [5.41, 5.74) is 0. The van der Waals surface area contributed by atoms with E-state index in [0.717, 1.165) is 24.2 Å². The molecule has 0 saturated heterocycles. The van der Waals surface area contributed by atoms with E-state index in [1.165, 1.54) is 70.6 Å². The number of rotatable bonds is 14. The van der Waals surface area contributed by atoms with Crippen molar-refractivity contribution in [3.05, 3.63) is 6.92 Å². The van der Waals surface area contributed by atoms with Gasteiger partial charge in [-0.05, 0) is 17.8 Å². The normalized spacial score (nSPS) is 16.1. The molecule has 3 atom stereocenters. The van der Waals surface area contributed by atoms with E-state index in [4.69, 9.17) is 0 Å². The van der Waals surface area contributed by atoms with Crippen molar-refractivity contribution in [3.63, 3.8) is 0 Å². The van der Waals surface area contributed by atoms with E-state index in [2.05, 4.69) is 34.6 Å². The Morgan fingerprint density at radius 2 is 1.10 bits per heavy atom. The van der Waals surface area contributed by atoms with Crippen LogP contribution in [0.15, 0.2) is 0 Å². The number of unbranched alkanes of at least 4 members (excludes halogenated alkanes) is 8. The van der Waals surface area contributed by atoms with E-state index in [1.54, 1.807) is 0 Å². The minimum Gasteiger partial charge on any atom is -0.0654 e. The van der Waals surface area contributed by atoms with Gasteiger partial charge in [0.1, 0.15) is 0 Å². The fourth-order valence-electron chi connectivity index (χ4n) is 3.25. The fraction of sp³-hybridized carbons (Fsp3) is 0.950. The molecule has 0 aliphatic rings. The standard InChI is InChI=1S/C20H41/c1-6-8-9-10-11-12-13-14-15-17-19(4)20(5)18(3)16-7-2/h18-20H,1,6-17H2,2-5H3. The van der Waals surface area contributed by atoms with Crippen molar-refractivity contribution in [3.8, 4) is 0 Å². The van der Waals surface area contributed by atoms with Crippen LogP contribution in [0.2, 0.25) is 0 Å². The molecule has 0 heterocycles. The Balaban J connectivity index is 3.40. The predicted molar refractivity (Wildman–Crippen MR) is 93.9 cm³/mol. The minimum atomic E-state index is 0.901. The van der Waals surface area contributed by atoms with Gasteiger partial charge in [-0.1, -0.05) is 112 Å². The first-order valence-electron chi connectivity index (χ1n) is 9.42. The van der Waals surface area contributed by atoms with Crippen molar-refractivity contribution in [1.82, 2.24) is 0 Å². The predicted octanol–water partition coefficient (Wildman–Crippen LogP) is 7.43. The lowest BCUT2D eigenvalue weighted by Gasteiger charge is -2.26. The third-order valence-corrected chi connectivity index (χ3v) is 5.20. The average molecular weight is 282 g/mol. The van der Waals surface area contributed by atoms with Gasteiger partial charge < -0.3 is 0 Å². The zero-order valence-corrected chi connectivity index (χ0v) is 14.9. The molecule has 0 aromatic carbocycles. The molecule has 0 heteroatoms. The molecule has 1 radical (unpaired) electrons. The van der Waals surface area contributed by atoms with E-state index < -0.39 is 0 Å². The largest absolute Gasteiger partial charge is 0.0654 e.